The SMILES string of the molecule is c1ccc(-c2ccc(N(c3ccccc3)c3cccc4ccc5cc6c(cc5c34)oc3ccccc36)cc2)cc1. The van der Waals surface area contributed by atoms with Gasteiger partial charge in [0.05, 0.1) is 5.69 Å². The Balaban J connectivity index is 1.38. The molecule has 0 unspecified atom stereocenters. The first kappa shape index (κ1) is 22.6. The molecule has 188 valence electrons. The minimum Gasteiger partial charge on any atom is -0.456 e. The summed E-state index contributed by atoms with van der Waals surface area (Å²) in [7, 11) is 0. The molecule has 0 spiro atoms. The highest BCUT2D eigenvalue weighted by atomic mass is 16.3. The molecule has 40 heavy (non-hydrogen) atoms. The average molecular weight is 512 g/mol. The minimum atomic E-state index is 0.912. The zero-order chi connectivity index (χ0) is 26.5. The lowest BCUT2D eigenvalue weighted by Gasteiger charge is -2.27. The fourth-order valence-corrected chi connectivity index (χ4v) is 5.94. The Hall–Kier alpha value is -5.34. The van der Waals surface area contributed by atoms with Crippen molar-refractivity contribution in [2.75, 3.05) is 4.90 Å². The van der Waals surface area contributed by atoms with Gasteiger partial charge in [0.1, 0.15) is 11.2 Å². The summed E-state index contributed by atoms with van der Waals surface area (Å²) in [5, 5.41) is 7.09. The van der Waals surface area contributed by atoms with Gasteiger partial charge in [0, 0.05) is 27.5 Å². The molecule has 0 saturated heterocycles. The smallest absolute Gasteiger partial charge is 0.136 e. The third-order valence-corrected chi connectivity index (χ3v) is 7.82. The van der Waals surface area contributed by atoms with Gasteiger partial charge in [0.2, 0.25) is 0 Å². The molecule has 7 aromatic carbocycles. The lowest BCUT2D eigenvalue weighted by atomic mass is 9.97. The molecular formula is C38H25NO. The third-order valence-electron chi connectivity index (χ3n) is 7.82. The first-order valence-corrected chi connectivity index (χ1v) is 13.6. The van der Waals surface area contributed by atoms with E-state index in [4.69, 9.17) is 4.42 Å². The maximum absolute atomic E-state index is 6.32. The molecule has 0 fully saturated rings. The number of benzene rings is 7. The second-order valence-electron chi connectivity index (χ2n) is 10.2. The fourth-order valence-electron chi connectivity index (χ4n) is 5.94. The van der Waals surface area contributed by atoms with Crippen LogP contribution in [0.1, 0.15) is 0 Å². The number of nitrogens with zero attached hydrogens (tertiary/aromatic N) is 1. The molecule has 1 aromatic heterocycles. The first-order valence-electron chi connectivity index (χ1n) is 13.6. The topological polar surface area (TPSA) is 16.4 Å². The predicted octanol–water partition coefficient (Wildman–Crippen LogP) is 11.0. The van der Waals surface area contributed by atoms with E-state index in [-0.39, 0.29) is 0 Å². The average Bonchev–Trinajstić information content (AvgIpc) is 3.39. The van der Waals surface area contributed by atoms with Gasteiger partial charge in [-0.25, -0.2) is 0 Å². The standard InChI is InChI=1S/C38H25NO/c1-3-10-26(11-4-1)27-20-22-31(23-21-27)39(30-13-5-2-6-14-30)35-16-9-12-28-18-19-29-24-34-32-15-7-8-17-36(32)40-37(34)25-33(29)38(28)35/h1-25H. The van der Waals surface area contributed by atoms with Crippen LogP contribution in [0.2, 0.25) is 0 Å². The van der Waals surface area contributed by atoms with Crippen molar-refractivity contribution in [3.8, 4) is 11.1 Å². The molecule has 2 nitrogen and oxygen atoms in total. The monoisotopic (exact) mass is 511 g/mol. The van der Waals surface area contributed by atoms with Crippen molar-refractivity contribution in [1.82, 2.24) is 0 Å². The normalized spacial score (nSPS) is 11.5. The molecule has 0 radical (unpaired) electrons. The molecule has 1 heterocycles. The Labute approximate surface area is 232 Å². The minimum absolute atomic E-state index is 0.912. The van der Waals surface area contributed by atoms with Crippen molar-refractivity contribution in [2.24, 2.45) is 0 Å². The molecule has 2 heteroatoms. The van der Waals surface area contributed by atoms with E-state index in [1.165, 1.54) is 32.7 Å². The Kier molecular flexibility index (Phi) is 5.17. The van der Waals surface area contributed by atoms with Crippen LogP contribution in [0, 0.1) is 0 Å². The molecule has 0 bridgehead atoms. The zero-order valence-corrected chi connectivity index (χ0v) is 21.8. The summed E-state index contributed by atoms with van der Waals surface area (Å²) in [5.41, 5.74) is 7.61. The van der Waals surface area contributed by atoms with Crippen LogP contribution in [0.25, 0.3) is 54.6 Å². The van der Waals surface area contributed by atoms with Crippen LogP contribution >= 0.6 is 0 Å². The summed E-state index contributed by atoms with van der Waals surface area (Å²) in [4.78, 5) is 2.36. The van der Waals surface area contributed by atoms with Crippen LogP contribution < -0.4 is 4.90 Å². The molecule has 0 saturated carbocycles. The van der Waals surface area contributed by atoms with Gasteiger partial charge in [-0.1, -0.05) is 103 Å². The van der Waals surface area contributed by atoms with Gasteiger partial charge in [0.25, 0.3) is 0 Å². The number of fused-ring (bicyclic) bond motifs is 6. The largest absolute Gasteiger partial charge is 0.456 e. The molecule has 0 N–H and O–H groups in total. The van der Waals surface area contributed by atoms with E-state index in [1.807, 2.05) is 12.1 Å². The van der Waals surface area contributed by atoms with Crippen molar-refractivity contribution in [3.05, 3.63) is 152 Å². The van der Waals surface area contributed by atoms with Crippen LogP contribution in [0.3, 0.4) is 0 Å². The molecule has 8 rings (SSSR count). The summed E-state index contributed by atoms with van der Waals surface area (Å²) in [6.45, 7) is 0. The maximum Gasteiger partial charge on any atom is 0.136 e. The highest BCUT2D eigenvalue weighted by Crippen LogP contribution is 2.43. The number of hydrogen-bond donors (Lipinski definition) is 0. The van der Waals surface area contributed by atoms with Crippen LogP contribution in [-0.4, -0.2) is 0 Å². The van der Waals surface area contributed by atoms with Crippen LogP contribution in [0.15, 0.2) is 156 Å². The Bertz CT molecular complexity index is 2140. The van der Waals surface area contributed by atoms with E-state index in [2.05, 4.69) is 144 Å². The summed E-state index contributed by atoms with van der Waals surface area (Å²) in [6.07, 6.45) is 0. The van der Waals surface area contributed by atoms with E-state index in [0.717, 1.165) is 39.0 Å². The van der Waals surface area contributed by atoms with Crippen molar-refractivity contribution < 1.29 is 4.42 Å². The van der Waals surface area contributed by atoms with E-state index in [9.17, 15) is 0 Å². The van der Waals surface area contributed by atoms with Gasteiger partial charge >= 0.3 is 0 Å². The number of para-hydroxylation sites is 2. The second kappa shape index (κ2) is 9.14. The van der Waals surface area contributed by atoms with Gasteiger partial charge in [-0.3, -0.25) is 0 Å². The highest BCUT2D eigenvalue weighted by molar-refractivity contribution is 6.20. The maximum atomic E-state index is 6.32. The van der Waals surface area contributed by atoms with Crippen molar-refractivity contribution in [3.63, 3.8) is 0 Å². The summed E-state index contributed by atoms with van der Waals surface area (Å²) in [5.74, 6) is 0. The molecule has 0 aliphatic carbocycles. The number of anilines is 3. The Morgan fingerprint density at radius 1 is 0.400 bits per heavy atom. The van der Waals surface area contributed by atoms with Crippen LogP contribution in [0.4, 0.5) is 17.1 Å². The van der Waals surface area contributed by atoms with Crippen molar-refractivity contribution in [1.29, 1.82) is 0 Å². The molecule has 0 aliphatic rings. The summed E-state index contributed by atoms with van der Waals surface area (Å²) < 4.78 is 6.32. The van der Waals surface area contributed by atoms with E-state index < -0.39 is 0 Å². The number of rotatable bonds is 4. The van der Waals surface area contributed by atoms with E-state index in [1.54, 1.807) is 0 Å². The third kappa shape index (κ3) is 3.65. The zero-order valence-electron chi connectivity index (χ0n) is 21.8. The van der Waals surface area contributed by atoms with Gasteiger partial charge in [0.15, 0.2) is 0 Å². The molecule has 8 aromatic rings. The van der Waals surface area contributed by atoms with Crippen LogP contribution in [-0.2, 0) is 0 Å². The van der Waals surface area contributed by atoms with Gasteiger partial charge in [-0.05, 0) is 75.8 Å². The molecule has 0 aliphatic heterocycles. The van der Waals surface area contributed by atoms with Crippen molar-refractivity contribution >= 4 is 60.5 Å². The van der Waals surface area contributed by atoms with Gasteiger partial charge in [-0.15, -0.1) is 0 Å². The van der Waals surface area contributed by atoms with Crippen molar-refractivity contribution in [2.45, 2.75) is 0 Å². The lowest BCUT2D eigenvalue weighted by molar-refractivity contribution is 0.669. The van der Waals surface area contributed by atoms with Crippen LogP contribution in [0.5, 0.6) is 0 Å². The highest BCUT2D eigenvalue weighted by Gasteiger charge is 2.18. The number of hydrogen-bond acceptors (Lipinski definition) is 2. The quantitative estimate of drug-likeness (QED) is 0.218. The Morgan fingerprint density at radius 2 is 1.07 bits per heavy atom. The molecular weight excluding hydrogens is 486 g/mol. The first-order chi connectivity index (χ1) is 19.8. The second-order valence-corrected chi connectivity index (χ2v) is 10.2. The lowest BCUT2D eigenvalue weighted by Crippen LogP contribution is -2.10. The fraction of sp³-hybridized carbons (Fsp3) is 0. The summed E-state index contributed by atoms with van der Waals surface area (Å²) in [6, 6.07) is 53.8. The van der Waals surface area contributed by atoms with E-state index >= 15 is 0 Å². The Morgan fingerprint density at radius 3 is 1.90 bits per heavy atom. The van der Waals surface area contributed by atoms with Gasteiger partial charge < -0.3 is 9.32 Å². The molecule has 0 atom stereocenters. The molecule has 0 amide bonds. The van der Waals surface area contributed by atoms with E-state index in [0.29, 0.717) is 0 Å². The number of furan rings is 1. The van der Waals surface area contributed by atoms with Gasteiger partial charge in [-0.2, -0.15) is 0 Å². The predicted molar refractivity (Wildman–Crippen MR) is 169 cm³/mol. The summed E-state index contributed by atoms with van der Waals surface area (Å²) >= 11 is 0.